The van der Waals surface area contributed by atoms with E-state index in [4.69, 9.17) is 4.74 Å². The van der Waals surface area contributed by atoms with Crippen molar-refractivity contribution in [2.24, 2.45) is 0 Å². The van der Waals surface area contributed by atoms with Crippen LogP contribution in [-0.2, 0) is 9.59 Å². The Morgan fingerprint density at radius 1 is 1.00 bits per heavy atom. The molecule has 36 heavy (non-hydrogen) atoms. The summed E-state index contributed by atoms with van der Waals surface area (Å²) in [6.45, 7) is 3.05. The zero-order valence-electron chi connectivity index (χ0n) is 20.6. The number of nitrogens with zero attached hydrogens (tertiary/aromatic N) is 2. The van der Waals surface area contributed by atoms with Gasteiger partial charge in [0, 0.05) is 16.6 Å². The minimum Gasteiger partial charge on any atom is -0.507 e. The third-order valence-electron chi connectivity index (χ3n) is 6.13. The number of hydrogen-bond donors (Lipinski definition) is 1. The van der Waals surface area contributed by atoms with Gasteiger partial charge in [0.05, 0.1) is 11.6 Å². The molecule has 3 aromatic carbocycles. The number of para-hydroxylation sites is 1. The molecule has 6 nitrogen and oxygen atoms in total. The van der Waals surface area contributed by atoms with Crippen molar-refractivity contribution in [1.29, 1.82) is 0 Å². The molecule has 1 aliphatic rings. The Hall–Kier alpha value is -3.42. The highest BCUT2D eigenvalue weighted by atomic mass is 79.9. The highest BCUT2D eigenvalue weighted by molar-refractivity contribution is 9.10. The van der Waals surface area contributed by atoms with E-state index >= 15 is 0 Å². The maximum absolute atomic E-state index is 13.3. The van der Waals surface area contributed by atoms with Crippen LogP contribution in [0.3, 0.4) is 0 Å². The maximum Gasteiger partial charge on any atom is 0.295 e. The molecule has 4 rings (SSSR count). The number of carbonyl (C=O) groups excluding carboxylic acids is 2. The molecule has 1 atom stereocenters. The highest BCUT2D eigenvalue weighted by Crippen LogP contribution is 2.41. The number of ketones is 1. The monoisotopic (exact) mass is 548 g/mol. The van der Waals surface area contributed by atoms with E-state index in [-0.39, 0.29) is 11.3 Å². The molecule has 1 N–H and O–H groups in total. The van der Waals surface area contributed by atoms with Crippen LogP contribution in [0.4, 0.5) is 0 Å². The number of carbonyl (C=O) groups is 2. The lowest BCUT2D eigenvalue weighted by Crippen LogP contribution is -2.32. The van der Waals surface area contributed by atoms with E-state index < -0.39 is 17.7 Å². The highest BCUT2D eigenvalue weighted by Gasteiger charge is 2.45. The third kappa shape index (κ3) is 5.53. The first kappa shape index (κ1) is 25.7. The normalized spacial score (nSPS) is 17.1. The van der Waals surface area contributed by atoms with Crippen molar-refractivity contribution in [3.63, 3.8) is 0 Å². The molecule has 1 saturated heterocycles. The number of benzene rings is 3. The Labute approximate surface area is 219 Å². The Morgan fingerprint density at radius 3 is 2.42 bits per heavy atom. The van der Waals surface area contributed by atoms with Gasteiger partial charge in [0.15, 0.2) is 0 Å². The minimum atomic E-state index is -0.726. The largest absolute Gasteiger partial charge is 0.507 e. The van der Waals surface area contributed by atoms with Crippen LogP contribution in [0.15, 0.2) is 82.8 Å². The first-order chi connectivity index (χ1) is 17.3. The summed E-state index contributed by atoms with van der Waals surface area (Å²) in [6.07, 6.45) is 0.689. The van der Waals surface area contributed by atoms with E-state index in [9.17, 15) is 14.7 Å². The van der Waals surface area contributed by atoms with Crippen molar-refractivity contribution in [2.45, 2.75) is 19.4 Å². The molecule has 0 radical (unpaired) electrons. The van der Waals surface area contributed by atoms with Gasteiger partial charge in [-0.25, -0.2) is 0 Å². The number of Topliss-reactive ketones (excluding diaryl/α,β-unsaturated/α-hetero) is 1. The number of ether oxygens (including phenoxy) is 1. The van der Waals surface area contributed by atoms with Crippen molar-refractivity contribution in [1.82, 2.24) is 9.80 Å². The SMILES string of the molecule is Cc1cc(/C(O)=C2/C(=O)C(=O)N(CCCN(C)C)C2c2cccc(Oc3ccccc3)c2)ccc1Br. The predicted molar refractivity (Wildman–Crippen MR) is 144 cm³/mol. The molecular formula is C29H29BrN2O4. The van der Waals surface area contributed by atoms with Gasteiger partial charge >= 0.3 is 0 Å². The van der Waals surface area contributed by atoms with Crippen molar-refractivity contribution < 1.29 is 19.4 Å². The average molecular weight is 549 g/mol. The van der Waals surface area contributed by atoms with Gasteiger partial charge in [0.25, 0.3) is 11.7 Å². The molecule has 1 aliphatic heterocycles. The summed E-state index contributed by atoms with van der Waals surface area (Å²) in [4.78, 5) is 30.1. The van der Waals surface area contributed by atoms with Crippen LogP contribution in [0.1, 0.15) is 29.2 Å². The molecule has 0 aromatic heterocycles. The lowest BCUT2D eigenvalue weighted by atomic mass is 9.94. The fourth-order valence-corrected chi connectivity index (χ4v) is 4.58. The molecule has 7 heteroatoms. The number of hydrogen-bond acceptors (Lipinski definition) is 5. The fraction of sp³-hybridized carbons (Fsp3) is 0.241. The molecule has 186 valence electrons. The summed E-state index contributed by atoms with van der Waals surface area (Å²) in [5.41, 5.74) is 2.18. The lowest BCUT2D eigenvalue weighted by Gasteiger charge is -2.26. The number of amides is 1. The van der Waals surface area contributed by atoms with Gasteiger partial charge < -0.3 is 19.6 Å². The zero-order valence-corrected chi connectivity index (χ0v) is 22.2. The molecule has 3 aromatic rings. The minimum absolute atomic E-state index is 0.0865. The van der Waals surface area contributed by atoms with Crippen LogP contribution in [0, 0.1) is 6.92 Å². The quantitative estimate of drug-likeness (QED) is 0.215. The van der Waals surface area contributed by atoms with E-state index in [0.717, 1.165) is 16.6 Å². The number of aliphatic hydroxyl groups is 1. The number of aryl methyl sites for hydroxylation is 1. The predicted octanol–water partition coefficient (Wildman–Crippen LogP) is 5.92. The van der Waals surface area contributed by atoms with Gasteiger partial charge in [-0.1, -0.05) is 52.3 Å². The average Bonchev–Trinajstić information content (AvgIpc) is 3.11. The summed E-state index contributed by atoms with van der Waals surface area (Å²) in [7, 11) is 3.93. The van der Waals surface area contributed by atoms with Crippen LogP contribution < -0.4 is 4.74 Å². The fourth-order valence-electron chi connectivity index (χ4n) is 4.33. The topological polar surface area (TPSA) is 70.1 Å². The molecule has 0 spiro atoms. The van der Waals surface area contributed by atoms with Crippen LogP contribution >= 0.6 is 15.9 Å². The van der Waals surface area contributed by atoms with E-state index in [1.54, 1.807) is 17.0 Å². The van der Waals surface area contributed by atoms with Gasteiger partial charge in [0.2, 0.25) is 0 Å². The Balaban J connectivity index is 1.79. The second-order valence-corrected chi connectivity index (χ2v) is 9.96. The van der Waals surface area contributed by atoms with Gasteiger partial charge in [-0.3, -0.25) is 9.59 Å². The van der Waals surface area contributed by atoms with E-state index in [1.165, 1.54) is 0 Å². The van der Waals surface area contributed by atoms with E-state index in [2.05, 4.69) is 15.9 Å². The van der Waals surface area contributed by atoms with Crippen molar-refractivity contribution >= 4 is 33.4 Å². The molecule has 1 unspecified atom stereocenters. The van der Waals surface area contributed by atoms with Crippen LogP contribution in [0.5, 0.6) is 11.5 Å². The molecule has 0 aliphatic carbocycles. The Kier molecular flexibility index (Phi) is 7.91. The van der Waals surface area contributed by atoms with E-state index in [1.807, 2.05) is 86.6 Å². The Morgan fingerprint density at radius 2 is 1.72 bits per heavy atom. The number of likely N-dealkylation sites (tertiary alicyclic amines) is 1. The number of aliphatic hydroxyl groups excluding tert-OH is 1. The summed E-state index contributed by atoms with van der Waals surface area (Å²) in [5.74, 6) is -0.212. The first-order valence-electron chi connectivity index (χ1n) is 11.8. The van der Waals surface area contributed by atoms with Crippen molar-refractivity contribution in [2.75, 3.05) is 27.2 Å². The molecule has 1 fully saturated rings. The van der Waals surface area contributed by atoms with Crippen LogP contribution in [0.2, 0.25) is 0 Å². The van der Waals surface area contributed by atoms with Crippen LogP contribution in [0.25, 0.3) is 5.76 Å². The molecule has 0 saturated carbocycles. The summed E-state index contributed by atoms with van der Waals surface area (Å²) < 4.78 is 6.90. The number of rotatable bonds is 8. The second-order valence-electron chi connectivity index (χ2n) is 9.10. The molecule has 1 heterocycles. The summed E-state index contributed by atoms with van der Waals surface area (Å²) in [6, 6.07) is 21.4. The van der Waals surface area contributed by atoms with Gasteiger partial charge in [-0.05, 0) is 81.5 Å². The van der Waals surface area contributed by atoms with Crippen LogP contribution in [-0.4, -0.2) is 53.8 Å². The second kappa shape index (κ2) is 11.1. The summed E-state index contributed by atoms with van der Waals surface area (Å²) >= 11 is 3.47. The third-order valence-corrected chi connectivity index (χ3v) is 7.02. The van der Waals surface area contributed by atoms with Crippen molar-refractivity contribution in [3.8, 4) is 11.5 Å². The first-order valence-corrected chi connectivity index (χ1v) is 12.6. The number of halogens is 1. The maximum atomic E-state index is 13.3. The van der Waals surface area contributed by atoms with Crippen molar-refractivity contribution in [3.05, 3.63) is 99.5 Å². The molecular weight excluding hydrogens is 520 g/mol. The molecule has 0 bridgehead atoms. The lowest BCUT2D eigenvalue weighted by molar-refractivity contribution is -0.139. The summed E-state index contributed by atoms with van der Waals surface area (Å²) in [5, 5.41) is 11.3. The standard InChI is InChI=1S/C29H29BrN2O4/c1-19-17-21(13-14-24(19)30)27(33)25-26(32(29(35)28(25)34)16-8-15-31(2)3)20-9-7-12-23(18-20)36-22-10-5-4-6-11-22/h4-7,9-14,17-18,26,33H,8,15-16H2,1-3H3/b27-25-. The zero-order chi connectivity index (χ0) is 25.8. The van der Waals surface area contributed by atoms with Gasteiger partial charge in [0.1, 0.15) is 17.3 Å². The van der Waals surface area contributed by atoms with Gasteiger partial charge in [-0.15, -0.1) is 0 Å². The van der Waals surface area contributed by atoms with E-state index in [0.29, 0.717) is 35.6 Å². The Bertz CT molecular complexity index is 1300. The molecule has 1 amide bonds. The smallest absolute Gasteiger partial charge is 0.295 e. The van der Waals surface area contributed by atoms with Gasteiger partial charge in [-0.2, -0.15) is 0 Å².